The van der Waals surface area contributed by atoms with Crippen LogP contribution in [0.4, 0.5) is 10.6 Å². The number of amides is 2. The van der Waals surface area contributed by atoms with E-state index >= 15 is 0 Å². The lowest BCUT2D eigenvalue weighted by atomic mass is 9.99. The van der Waals surface area contributed by atoms with Crippen LogP contribution in [0.3, 0.4) is 0 Å². The Labute approximate surface area is 123 Å². The SMILES string of the molecule is Cc1nccc(NC(=O)NC[C@]2(CO)COC[C@@H](C)N2)n1. The maximum atomic E-state index is 11.9. The first-order valence-electron chi connectivity index (χ1n) is 6.84. The largest absolute Gasteiger partial charge is 0.394 e. The van der Waals surface area contributed by atoms with Crippen molar-refractivity contribution in [2.45, 2.75) is 25.4 Å². The van der Waals surface area contributed by atoms with E-state index in [1.807, 2.05) is 6.92 Å². The number of anilines is 1. The monoisotopic (exact) mass is 295 g/mol. The molecule has 0 saturated carbocycles. The number of nitrogens with zero attached hydrogens (tertiary/aromatic N) is 2. The van der Waals surface area contributed by atoms with Crippen molar-refractivity contribution < 1.29 is 14.6 Å². The fraction of sp³-hybridized carbons (Fsp3) is 0.615. The number of ether oxygens (including phenoxy) is 1. The van der Waals surface area contributed by atoms with Crippen LogP contribution in [0.25, 0.3) is 0 Å². The predicted octanol–water partition coefficient (Wildman–Crippen LogP) is -0.354. The molecule has 2 heterocycles. The highest BCUT2D eigenvalue weighted by Gasteiger charge is 2.35. The molecule has 0 radical (unpaired) electrons. The minimum Gasteiger partial charge on any atom is -0.394 e. The third-order valence-electron chi connectivity index (χ3n) is 3.21. The summed E-state index contributed by atoms with van der Waals surface area (Å²) in [7, 11) is 0. The van der Waals surface area contributed by atoms with E-state index in [9.17, 15) is 9.90 Å². The van der Waals surface area contributed by atoms with Crippen LogP contribution < -0.4 is 16.0 Å². The van der Waals surface area contributed by atoms with Gasteiger partial charge in [0.1, 0.15) is 11.6 Å². The molecule has 8 nitrogen and oxygen atoms in total. The maximum Gasteiger partial charge on any atom is 0.320 e. The minimum absolute atomic E-state index is 0.121. The number of carbonyl (C=O) groups excluding carboxylic acids is 1. The van der Waals surface area contributed by atoms with Crippen LogP contribution in [0.2, 0.25) is 0 Å². The van der Waals surface area contributed by atoms with Gasteiger partial charge in [-0.15, -0.1) is 0 Å². The Bertz CT molecular complexity index is 498. The number of aliphatic hydroxyl groups is 1. The second kappa shape index (κ2) is 6.79. The Hall–Kier alpha value is -1.77. The van der Waals surface area contributed by atoms with Gasteiger partial charge in [0.15, 0.2) is 0 Å². The summed E-state index contributed by atoms with van der Waals surface area (Å²) in [5.41, 5.74) is -0.656. The molecule has 0 bridgehead atoms. The molecule has 2 rings (SSSR count). The molecule has 1 aromatic heterocycles. The maximum absolute atomic E-state index is 11.9. The number of urea groups is 1. The highest BCUT2D eigenvalue weighted by molar-refractivity contribution is 5.88. The first-order valence-corrected chi connectivity index (χ1v) is 6.84. The molecule has 0 unspecified atom stereocenters. The summed E-state index contributed by atoms with van der Waals surface area (Å²) in [5.74, 6) is 1.01. The van der Waals surface area contributed by atoms with E-state index in [0.717, 1.165) is 0 Å². The van der Waals surface area contributed by atoms with Crippen molar-refractivity contribution in [3.8, 4) is 0 Å². The van der Waals surface area contributed by atoms with Crippen molar-refractivity contribution in [1.29, 1.82) is 0 Å². The lowest BCUT2D eigenvalue weighted by molar-refractivity contribution is -0.0198. The van der Waals surface area contributed by atoms with Crippen molar-refractivity contribution in [3.05, 3.63) is 18.1 Å². The molecular weight excluding hydrogens is 274 g/mol. The van der Waals surface area contributed by atoms with Crippen molar-refractivity contribution in [1.82, 2.24) is 20.6 Å². The molecule has 1 fully saturated rings. The van der Waals surface area contributed by atoms with Crippen LogP contribution in [0, 0.1) is 6.92 Å². The van der Waals surface area contributed by atoms with Gasteiger partial charge in [0.2, 0.25) is 0 Å². The zero-order chi connectivity index (χ0) is 15.3. The summed E-state index contributed by atoms with van der Waals surface area (Å²) in [6.07, 6.45) is 1.57. The molecule has 21 heavy (non-hydrogen) atoms. The van der Waals surface area contributed by atoms with E-state index in [-0.39, 0.29) is 25.2 Å². The van der Waals surface area contributed by atoms with Crippen molar-refractivity contribution in [2.75, 3.05) is 31.7 Å². The third-order valence-corrected chi connectivity index (χ3v) is 3.21. The molecule has 1 aliphatic rings. The predicted molar refractivity (Wildman–Crippen MR) is 77.0 cm³/mol. The first kappa shape index (κ1) is 15.6. The summed E-state index contributed by atoms with van der Waals surface area (Å²) in [6.45, 7) is 4.78. The zero-order valence-corrected chi connectivity index (χ0v) is 12.2. The Balaban J connectivity index is 1.87. The summed E-state index contributed by atoms with van der Waals surface area (Å²) < 4.78 is 5.44. The Morgan fingerprint density at radius 3 is 3.14 bits per heavy atom. The first-order chi connectivity index (χ1) is 10.0. The van der Waals surface area contributed by atoms with Crippen LogP contribution >= 0.6 is 0 Å². The summed E-state index contributed by atoms with van der Waals surface area (Å²) in [5, 5.41) is 18.2. The lowest BCUT2D eigenvalue weighted by Crippen LogP contribution is -2.65. The van der Waals surface area contributed by atoms with Gasteiger partial charge < -0.3 is 20.5 Å². The lowest BCUT2D eigenvalue weighted by Gasteiger charge is -2.39. The van der Waals surface area contributed by atoms with Crippen molar-refractivity contribution in [3.63, 3.8) is 0 Å². The average Bonchev–Trinajstić information content (AvgIpc) is 2.45. The number of morpholine rings is 1. The normalized spacial score (nSPS) is 25.4. The number of hydrogen-bond acceptors (Lipinski definition) is 6. The molecular formula is C13H21N5O3. The number of aliphatic hydroxyl groups excluding tert-OH is 1. The van der Waals surface area contributed by atoms with Gasteiger partial charge in [0.05, 0.1) is 25.4 Å². The second-order valence-electron chi connectivity index (χ2n) is 5.30. The van der Waals surface area contributed by atoms with E-state index in [4.69, 9.17) is 4.74 Å². The topological polar surface area (TPSA) is 108 Å². The summed E-state index contributed by atoms with van der Waals surface area (Å²) in [6, 6.07) is 1.35. The van der Waals surface area contributed by atoms with Gasteiger partial charge in [-0.1, -0.05) is 0 Å². The van der Waals surface area contributed by atoms with E-state index in [1.165, 1.54) is 0 Å². The number of aromatic nitrogens is 2. The molecule has 1 aromatic rings. The van der Waals surface area contributed by atoms with Gasteiger partial charge in [-0.3, -0.25) is 5.32 Å². The highest BCUT2D eigenvalue weighted by atomic mass is 16.5. The molecule has 0 spiro atoms. The Morgan fingerprint density at radius 2 is 2.48 bits per heavy atom. The van der Waals surface area contributed by atoms with E-state index in [1.54, 1.807) is 19.2 Å². The minimum atomic E-state index is -0.656. The van der Waals surface area contributed by atoms with Gasteiger partial charge in [-0.2, -0.15) is 0 Å². The number of hydrogen-bond donors (Lipinski definition) is 4. The van der Waals surface area contributed by atoms with Gasteiger partial charge >= 0.3 is 6.03 Å². The van der Waals surface area contributed by atoms with E-state index in [2.05, 4.69) is 25.9 Å². The number of nitrogens with one attached hydrogen (secondary N) is 3. The quantitative estimate of drug-likeness (QED) is 0.604. The standard InChI is InChI=1S/C13H21N5O3/c1-9-5-21-8-13(7-19,18-9)6-15-12(20)17-11-3-4-14-10(2)16-11/h3-4,9,18-19H,5-8H2,1-2H3,(H2,14,15,16,17,20)/t9-,13+/m1/s1. The molecule has 4 N–H and O–H groups in total. The van der Waals surface area contributed by atoms with Crippen LogP contribution in [-0.4, -0.2) is 59.1 Å². The van der Waals surface area contributed by atoms with E-state index < -0.39 is 5.54 Å². The van der Waals surface area contributed by atoms with Crippen LogP contribution in [0.1, 0.15) is 12.7 Å². The van der Waals surface area contributed by atoms with Crippen LogP contribution in [0.15, 0.2) is 12.3 Å². The number of rotatable bonds is 4. The van der Waals surface area contributed by atoms with Gasteiger partial charge in [-0.05, 0) is 19.9 Å². The van der Waals surface area contributed by atoms with Gasteiger partial charge in [0, 0.05) is 18.8 Å². The Kier molecular flexibility index (Phi) is 5.05. The fourth-order valence-corrected chi connectivity index (χ4v) is 2.22. The van der Waals surface area contributed by atoms with Crippen LogP contribution in [-0.2, 0) is 4.74 Å². The van der Waals surface area contributed by atoms with E-state index in [0.29, 0.717) is 24.9 Å². The molecule has 0 aliphatic carbocycles. The van der Waals surface area contributed by atoms with Crippen molar-refractivity contribution >= 4 is 11.8 Å². The second-order valence-corrected chi connectivity index (χ2v) is 5.30. The number of aryl methyl sites for hydroxylation is 1. The molecule has 8 heteroatoms. The summed E-state index contributed by atoms with van der Waals surface area (Å²) >= 11 is 0. The smallest absolute Gasteiger partial charge is 0.320 e. The zero-order valence-electron chi connectivity index (χ0n) is 12.2. The average molecular weight is 295 g/mol. The molecule has 0 aromatic carbocycles. The van der Waals surface area contributed by atoms with Gasteiger partial charge in [-0.25, -0.2) is 14.8 Å². The highest BCUT2D eigenvalue weighted by Crippen LogP contribution is 2.11. The molecule has 2 amide bonds. The molecule has 2 atom stereocenters. The molecule has 1 aliphatic heterocycles. The third kappa shape index (κ3) is 4.35. The summed E-state index contributed by atoms with van der Waals surface area (Å²) in [4.78, 5) is 19.9. The van der Waals surface area contributed by atoms with Gasteiger partial charge in [0.25, 0.3) is 0 Å². The van der Waals surface area contributed by atoms with Crippen LogP contribution in [0.5, 0.6) is 0 Å². The molecule has 116 valence electrons. The Morgan fingerprint density at radius 1 is 1.67 bits per heavy atom. The molecule has 1 saturated heterocycles. The fourth-order valence-electron chi connectivity index (χ4n) is 2.22. The number of carbonyl (C=O) groups is 1. The van der Waals surface area contributed by atoms with Crippen molar-refractivity contribution in [2.24, 2.45) is 0 Å².